The van der Waals surface area contributed by atoms with Gasteiger partial charge in [-0.1, -0.05) is 30.3 Å². The summed E-state index contributed by atoms with van der Waals surface area (Å²) in [4.78, 5) is 28.3. The number of likely N-dealkylation sites (tertiary alicyclic amines) is 1. The Morgan fingerprint density at radius 2 is 1.67 bits per heavy atom. The number of halogens is 5. The summed E-state index contributed by atoms with van der Waals surface area (Å²) in [5.74, 6) is -1.73. The molecule has 2 aromatic rings. The first-order valence-corrected chi connectivity index (χ1v) is 14.6. The topological polar surface area (TPSA) is 57.6 Å². The molecule has 1 aliphatic heterocycles. The molecule has 1 saturated heterocycles. The number of aliphatic carboxylic acids is 1. The van der Waals surface area contributed by atoms with Crippen LogP contribution < -0.4 is 0 Å². The van der Waals surface area contributed by atoms with Crippen LogP contribution in [0.15, 0.2) is 36.4 Å². The van der Waals surface area contributed by atoms with Crippen molar-refractivity contribution >= 4 is 11.9 Å². The lowest BCUT2D eigenvalue weighted by Crippen LogP contribution is -2.56. The van der Waals surface area contributed by atoms with Gasteiger partial charge in [-0.15, -0.1) is 0 Å². The standard InChI is InChI=1S/C33H36F5NO3/c1-20-17-21(3-7-25(20)34)19-32-15-16-39(27(40)30-9-12-31(13-10-30,14-11-30)28(41)42)26(32)8-4-22-18-23(5-6-24(22)32)29(2,35)33(36,37)38/h3,5-7,17-18,26H,4,8-16,19H2,1-2H3,(H,41,42)/i1D3. The number of nitrogens with zero attached hydrogens (tertiary/aromatic N) is 1. The molecule has 7 rings (SSSR count). The zero-order chi connectivity index (χ0) is 32.8. The Labute approximate surface area is 246 Å². The van der Waals surface area contributed by atoms with Crippen molar-refractivity contribution < 1.29 is 40.8 Å². The van der Waals surface area contributed by atoms with Crippen LogP contribution in [0.1, 0.15) is 90.2 Å². The van der Waals surface area contributed by atoms with Crippen LogP contribution in [-0.4, -0.2) is 40.6 Å². The molecule has 0 radical (unpaired) electrons. The summed E-state index contributed by atoms with van der Waals surface area (Å²) in [6.07, 6.45) is -1.07. The van der Waals surface area contributed by atoms with E-state index < -0.39 is 57.9 Å². The fraction of sp³-hybridized carbons (Fsp3) is 0.576. The number of rotatable bonds is 5. The maximum Gasteiger partial charge on any atom is 0.426 e. The Hall–Kier alpha value is -2.97. The second-order valence-electron chi connectivity index (χ2n) is 13.2. The van der Waals surface area contributed by atoms with E-state index in [1.165, 1.54) is 24.3 Å². The first-order chi connectivity index (χ1) is 20.9. The molecule has 4 aliphatic carbocycles. The van der Waals surface area contributed by atoms with E-state index in [2.05, 4.69) is 0 Å². The summed E-state index contributed by atoms with van der Waals surface area (Å²) in [6, 6.07) is 7.44. The van der Waals surface area contributed by atoms with Gasteiger partial charge in [0.2, 0.25) is 11.6 Å². The fourth-order valence-corrected chi connectivity index (χ4v) is 8.44. The molecule has 1 N–H and O–H groups in total. The normalized spacial score (nSPS) is 33.1. The van der Waals surface area contributed by atoms with Gasteiger partial charge in [-0.25, -0.2) is 8.78 Å². The average Bonchev–Trinajstić information content (AvgIpc) is 3.36. The molecule has 3 atom stereocenters. The van der Waals surface area contributed by atoms with Gasteiger partial charge in [-0.2, -0.15) is 13.2 Å². The molecule has 226 valence electrons. The maximum atomic E-state index is 15.0. The van der Waals surface area contributed by atoms with E-state index in [0.29, 0.717) is 87.9 Å². The lowest BCUT2D eigenvalue weighted by atomic mass is 9.53. The smallest absolute Gasteiger partial charge is 0.426 e. The zero-order valence-corrected chi connectivity index (χ0v) is 23.4. The molecule has 1 heterocycles. The lowest BCUT2D eigenvalue weighted by molar-refractivity contribution is -0.228. The van der Waals surface area contributed by atoms with E-state index in [1.807, 2.05) is 4.90 Å². The highest BCUT2D eigenvalue weighted by atomic mass is 19.4. The highest BCUT2D eigenvalue weighted by Gasteiger charge is 2.60. The van der Waals surface area contributed by atoms with E-state index >= 15 is 4.39 Å². The number of carboxylic acid groups (broad SMARTS) is 1. The third-order valence-corrected chi connectivity index (χ3v) is 11.2. The number of alkyl halides is 4. The van der Waals surface area contributed by atoms with Crippen molar-refractivity contribution in [3.63, 3.8) is 0 Å². The van der Waals surface area contributed by atoms with Gasteiger partial charge in [0.25, 0.3) is 0 Å². The van der Waals surface area contributed by atoms with E-state index in [0.717, 1.165) is 12.1 Å². The molecule has 3 saturated carbocycles. The van der Waals surface area contributed by atoms with Gasteiger partial charge < -0.3 is 10.0 Å². The monoisotopic (exact) mass is 592 g/mol. The molecule has 2 aromatic carbocycles. The summed E-state index contributed by atoms with van der Waals surface area (Å²) in [5, 5.41) is 9.83. The van der Waals surface area contributed by atoms with Crippen LogP contribution in [0.25, 0.3) is 0 Å². The van der Waals surface area contributed by atoms with Crippen molar-refractivity contribution in [1.29, 1.82) is 0 Å². The van der Waals surface area contributed by atoms with Crippen LogP contribution in [0.5, 0.6) is 0 Å². The van der Waals surface area contributed by atoms with Crippen LogP contribution in [0.3, 0.4) is 0 Å². The van der Waals surface area contributed by atoms with Gasteiger partial charge in [0.05, 0.1) is 5.41 Å². The minimum atomic E-state index is -5.12. The number of carbonyl (C=O) groups excluding carboxylic acids is 1. The number of aryl methyl sites for hydroxylation is 2. The van der Waals surface area contributed by atoms with Crippen molar-refractivity contribution in [2.24, 2.45) is 10.8 Å². The minimum Gasteiger partial charge on any atom is -0.481 e. The molecule has 4 fully saturated rings. The van der Waals surface area contributed by atoms with E-state index in [9.17, 15) is 32.3 Å². The largest absolute Gasteiger partial charge is 0.481 e. The van der Waals surface area contributed by atoms with Gasteiger partial charge in [0.1, 0.15) is 5.82 Å². The summed E-state index contributed by atoms with van der Waals surface area (Å²) in [7, 11) is 0. The number of hydrogen-bond donors (Lipinski definition) is 1. The molecule has 5 aliphatic rings. The molecule has 9 heteroatoms. The van der Waals surface area contributed by atoms with Crippen molar-refractivity contribution in [3.05, 3.63) is 70.0 Å². The van der Waals surface area contributed by atoms with Gasteiger partial charge >= 0.3 is 12.1 Å². The van der Waals surface area contributed by atoms with E-state index in [4.69, 9.17) is 4.11 Å². The summed E-state index contributed by atoms with van der Waals surface area (Å²) in [6.45, 7) is -1.86. The summed E-state index contributed by atoms with van der Waals surface area (Å²) >= 11 is 0. The van der Waals surface area contributed by atoms with Crippen LogP contribution in [0.2, 0.25) is 0 Å². The predicted octanol–water partition coefficient (Wildman–Crippen LogP) is 7.33. The van der Waals surface area contributed by atoms with Crippen molar-refractivity contribution in [3.8, 4) is 0 Å². The third kappa shape index (κ3) is 4.20. The fourth-order valence-electron chi connectivity index (χ4n) is 8.44. The maximum absolute atomic E-state index is 15.0. The first-order valence-electron chi connectivity index (χ1n) is 16.1. The minimum absolute atomic E-state index is 0.0381. The highest BCUT2D eigenvalue weighted by Crippen LogP contribution is 2.59. The van der Waals surface area contributed by atoms with Crippen LogP contribution in [0, 0.1) is 23.5 Å². The molecule has 0 spiro atoms. The van der Waals surface area contributed by atoms with Crippen LogP contribution >= 0.6 is 0 Å². The van der Waals surface area contributed by atoms with E-state index in [1.54, 1.807) is 0 Å². The third-order valence-electron chi connectivity index (χ3n) is 11.2. The van der Waals surface area contributed by atoms with E-state index in [-0.39, 0.29) is 18.4 Å². The molecule has 0 aromatic heterocycles. The van der Waals surface area contributed by atoms with Crippen LogP contribution in [-0.2, 0) is 33.5 Å². The lowest BCUT2D eigenvalue weighted by Gasteiger charge is -2.52. The number of carbonyl (C=O) groups is 2. The summed E-state index contributed by atoms with van der Waals surface area (Å²) in [5.41, 5.74) is -5.06. The zero-order valence-electron chi connectivity index (χ0n) is 26.4. The second kappa shape index (κ2) is 9.52. The molecular weight excluding hydrogens is 553 g/mol. The molecule has 42 heavy (non-hydrogen) atoms. The molecular formula is C33H36F5NO3. The molecule has 3 unspecified atom stereocenters. The number of benzene rings is 2. The SMILES string of the molecule is [2H]C([2H])([2H])c1cc(CC23CCN(C(=O)C45CCC(C(=O)O)(CC4)CC5)C2CCc2cc(C(C)(F)C(F)(F)F)ccc23)ccc1F. The Morgan fingerprint density at radius 3 is 2.29 bits per heavy atom. The second-order valence-corrected chi connectivity index (χ2v) is 13.2. The number of amides is 1. The summed E-state index contributed by atoms with van der Waals surface area (Å²) < 4.78 is 93.8. The van der Waals surface area contributed by atoms with Crippen LogP contribution in [0.4, 0.5) is 22.0 Å². The van der Waals surface area contributed by atoms with Gasteiger partial charge in [-0.3, -0.25) is 9.59 Å². The van der Waals surface area contributed by atoms with Crippen molar-refractivity contribution in [1.82, 2.24) is 4.90 Å². The molecule has 1 amide bonds. The molecule has 4 nitrogen and oxygen atoms in total. The number of hydrogen-bond acceptors (Lipinski definition) is 2. The molecule has 2 bridgehead atoms. The Morgan fingerprint density at radius 1 is 1.00 bits per heavy atom. The van der Waals surface area contributed by atoms with Gasteiger partial charge in [-0.05, 0) is 112 Å². The Balaban J connectivity index is 1.40. The highest BCUT2D eigenvalue weighted by molar-refractivity contribution is 5.86. The van der Waals surface area contributed by atoms with Crippen molar-refractivity contribution in [2.75, 3.05) is 6.54 Å². The van der Waals surface area contributed by atoms with Gasteiger partial charge in [0.15, 0.2) is 0 Å². The van der Waals surface area contributed by atoms with Gasteiger partial charge in [0, 0.05) is 27.5 Å². The quantitative estimate of drug-likeness (QED) is 0.370. The van der Waals surface area contributed by atoms with Crippen molar-refractivity contribution in [2.45, 2.75) is 101 Å². The number of carboxylic acids is 1. The average molecular weight is 593 g/mol. The Bertz CT molecular complexity index is 1530. The predicted molar refractivity (Wildman–Crippen MR) is 146 cm³/mol. The number of fused-ring (bicyclic) bond motifs is 6. The first kappa shape index (κ1) is 25.5. The Kier molecular flexibility index (Phi) is 5.78.